The predicted octanol–water partition coefficient (Wildman–Crippen LogP) is 7.27. The third kappa shape index (κ3) is 4.02. The molecule has 3 rings (SSSR count). The van der Waals surface area contributed by atoms with Gasteiger partial charge in [0.05, 0.1) is 6.67 Å². The Labute approximate surface area is 155 Å². The molecule has 26 heavy (non-hydrogen) atoms. The van der Waals surface area contributed by atoms with Crippen LogP contribution in [0.1, 0.15) is 76.3 Å². The smallest absolute Gasteiger partial charge is 0.166 e. The van der Waals surface area contributed by atoms with Crippen LogP contribution in [-0.4, -0.2) is 6.67 Å². The highest BCUT2D eigenvalue weighted by molar-refractivity contribution is 5.70. The second kappa shape index (κ2) is 8.63. The van der Waals surface area contributed by atoms with E-state index in [1.807, 2.05) is 0 Å². The van der Waals surface area contributed by atoms with Crippen molar-refractivity contribution in [1.29, 1.82) is 0 Å². The Morgan fingerprint density at radius 1 is 0.962 bits per heavy atom. The Morgan fingerprint density at radius 3 is 2.31 bits per heavy atom. The van der Waals surface area contributed by atoms with E-state index in [0.717, 1.165) is 36.7 Å². The molecule has 0 amide bonds. The van der Waals surface area contributed by atoms with E-state index < -0.39 is 18.3 Å². The molecule has 0 N–H and O–H groups in total. The average molecular weight is 364 g/mol. The lowest BCUT2D eigenvalue weighted by molar-refractivity contribution is 0.190. The summed E-state index contributed by atoms with van der Waals surface area (Å²) in [6.45, 7) is 3.70. The summed E-state index contributed by atoms with van der Waals surface area (Å²) in [5, 5.41) is 0. The standard InChI is InChI=1S/C23H31F3/c1-3-16-4-6-17(7-5-16)19-9-10-20(15(2)14-19)21-11-8-18(12-13-24)22(25)23(21)26/h8,11,16-17,19H,3-7,9-10,12-14H2,1-2H3. The van der Waals surface area contributed by atoms with Gasteiger partial charge in [-0.15, -0.1) is 0 Å². The number of rotatable bonds is 5. The molecule has 0 saturated heterocycles. The summed E-state index contributed by atoms with van der Waals surface area (Å²) in [4.78, 5) is 0. The molecule has 144 valence electrons. The zero-order valence-electron chi connectivity index (χ0n) is 16.1. The van der Waals surface area contributed by atoms with Gasteiger partial charge in [0.15, 0.2) is 11.6 Å². The average Bonchev–Trinajstić information content (AvgIpc) is 2.66. The summed E-state index contributed by atoms with van der Waals surface area (Å²) >= 11 is 0. The van der Waals surface area contributed by atoms with Gasteiger partial charge < -0.3 is 0 Å². The summed E-state index contributed by atoms with van der Waals surface area (Å²) < 4.78 is 41.2. The van der Waals surface area contributed by atoms with Gasteiger partial charge in [-0.1, -0.05) is 43.9 Å². The van der Waals surface area contributed by atoms with Gasteiger partial charge in [0, 0.05) is 12.0 Å². The zero-order valence-corrected chi connectivity index (χ0v) is 16.1. The van der Waals surface area contributed by atoms with Crippen LogP contribution in [0.5, 0.6) is 0 Å². The van der Waals surface area contributed by atoms with E-state index in [0.29, 0.717) is 11.5 Å². The Bertz CT molecular complexity index is 654. The van der Waals surface area contributed by atoms with E-state index in [-0.39, 0.29) is 12.0 Å². The topological polar surface area (TPSA) is 0 Å². The molecular formula is C23H31F3. The first kappa shape index (κ1) is 19.5. The van der Waals surface area contributed by atoms with E-state index >= 15 is 0 Å². The minimum atomic E-state index is -0.875. The molecule has 0 nitrogen and oxygen atoms in total. The van der Waals surface area contributed by atoms with E-state index in [1.165, 1.54) is 37.7 Å². The Kier molecular flexibility index (Phi) is 6.47. The van der Waals surface area contributed by atoms with Gasteiger partial charge in [-0.25, -0.2) is 8.78 Å². The van der Waals surface area contributed by atoms with Crippen molar-refractivity contribution in [2.24, 2.45) is 17.8 Å². The van der Waals surface area contributed by atoms with Crippen molar-refractivity contribution < 1.29 is 13.2 Å². The molecular weight excluding hydrogens is 333 g/mol. The second-order valence-corrected chi connectivity index (χ2v) is 8.29. The zero-order chi connectivity index (χ0) is 18.7. The summed E-state index contributed by atoms with van der Waals surface area (Å²) in [6.07, 6.45) is 9.48. The quantitative estimate of drug-likeness (QED) is 0.515. The fraction of sp³-hybridized carbons (Fsp3) is 0.652. The minimum Gasteiger partial charge on any atom is -0.251 e. The first-order chi connectivity index (χ1) is 12.5. The molecule has 0 spiro atoms. The Hall–Kier alpha value is -1.25. The number of benzene rings is 1. The Morgan fingerprint density at radius 2 is 1.69 bits per heavy atom. The van der Waals surface area contributed by atoms with Crippen LogP contribution in [0.3, 0.4) is 0 Å². The van der Waals surface area contributed by atoms with Crippen molar-refractivity contribution in [3.63, 3.8) is 0 Å². The Balaban J connectivity index is 1.74. The highest BCUT2D eigenvalue weighted by Crippen LogP contribution is 2.44. The maximum Gasteiger partial charge on any atom is 0.166 e. The van der Waals surface area contributed by atoms with Gasteiger partial charge in [-0.3, -0.25) is 4.39 Å². The van der Waals surface area contributed by atoms with Crippen molar-refractivity contribution in [2.45, 2.75) is 71.6 Å². The molecule has 1 aromatic rings. The minimum absolute atomic E-state index is 0.0659. The van der Waals surface area contributed by atoms with Crippen molar-refractivity contribution in [2.75, 3.05) is 6.67 Å². The van der Waals surface area contributed by atoms with Crippen LogP contribution in [0, 0.1) is 29.4 Å². The SMILES string of the molecule is CCC1CCC(C2CCC(c3ccc(CCF)c(F)c3F)=C(C)C2)CC1. The summed E-state index contributed by atoms with van der Waals surface area (Å²) in [5.41, 5.74) is 2.69. The molecule has 2 aliphatic rings. The lowest BCUT2D eigenvalue weighted by Crippen LogP contribution is -2.24. The van der Waals surface area contributed by atoms with Crippen molar-refractivity contribution in [3.05, 3.63) is 40.5 Å². The van der Waals surface area contributed by atoms with Gasteiger partial charge in [0.2, 0.25) is 0 Å². The van der Waals surface area contributed by atoms with Gasteiger partial charge >= 0.3 is 0 Å². The molecule has 3 heteroatoms. The number of hydrogen-bond donors (Lipinski definition) is 0. The van der Waals surface area contributed by atoms with Crippen molar-refractivity contribution >= 4 is 5.57 Å². The van der Waals surface area contributed by atoms with Crippen molar-refractivity contribution in [1.82, 2.24) is 0 Å². The fourth-order valence-electron chi connectivity index (χ4n) is 5.11. The fourth-order valence-corrected chi connectivity index (χ4v) is 5.11. The molecule has 1 saturated carbocycles. The lowest BCUT2D eigenvalue weighted by atomic mass is 9.69. The van der Waals surface area contributed by atoms with E-state index in [2.05, 4.69) is 13.8 Å². The highest BCUT2D eigenvalue weighted by Gasteiger charge is 2.30. The molecule has 1 aromatic carbocycles. The predicted molar refractivity (Wildman–Crippen MR) is 102 cm³/mol. The third-order valence-electron chi connectivity index (χ3n) is 6.84. The number of hydrogen-bond acceptors (Lipinski definition) is 0. The lowest BCUT2D eigenvalue weighted by Gasteiger charge is -2.36. The molecule has 0 aliphatic heterocycles. The molecule has 1 unspecified atom stereocenters. The third-order valence-corrected chi connectivity index (χ3v) is 6.84. The van der Waals surface area contributed by atoms with Gasteiger partial charge in [0.25, 0.3) is 0 Å². The van der Waals surface area contributed by atoms with Crippen LogP contribution in [0.25, 0.3) is 5.57 Å². The number of halogens is 3. The van der Waals surface area contributed by atoms with Crippen LogP contribution in [0.15, 0.2) is 17.7 Å². The van der Waals surface area contributed by atoms with Crippen LogP contribution in [-0.2, 0) is 6.42 Å². The molecule has 0 radical (unpaired) electrons. The largest absolute Gasteiger partial charge is 0.251 e. The summed E-state index contributed by atoms with van der Waals surface area (Å²) in [5.74, 6) is 0.715. The van der Waals surface area contributed by atoms with Crippen molar-refractivity contribution in [3.8, 4) is 0 Å². The van der Waals surface area contributed by atoms with E-state index in [9.17, 15) is 13.2 Å². The van der Waals surface area contributed by atoms with Crippen LogP contribution in [0.2, 0.25) is 0 Å². The van der Waals surface area contributed by atoms with Gasteiger partial charge in [0.1, 0.15) is 0 Å². The second-order valence-electron chi connectivity index (χ2n) is 8.29. The normalized spacial score (nSPS) is 27.0. The summed E-state index contributed by atoms with van der Waals surface area (Å²) in [7, 11) is 0. The molecule has 2 aliphatic carbocycles. The van der Waals surface area contributed by atoms with Gasteiger partial charge in [-0.2, -0.15) is 0 Å². The molecule has 0 heterocycles. The van der Waals surface area contributed by atoms with E-state index in [4.69, 9.17) is 0 Å². The highest BCUT2D eigenvalue weighted by atomic mass is 19.2. The first-order valence-corrected chi connectivity index (χ1v) is 10.3. The number of allylic oxidation sites excluding steroid dienone is 2. The number of alkyl halides is 1. The number of aryl methyl sites for hydroxylation is 1. The molecule has 0 bridgehead atoms. The maximum atomic E-state index is 14.5. The van der Waals surface area contributed by atoms with Crippen LogP contribution < -0.4 is 0 Å². The molecule has 1 atom stereocenters. The van der Waals surface area contributed by atoms with Crippen LogP contribution in [0.4, 0.5) is 13.2 Å². The van der Waals surface area contributed by atoms with E-state index in [1.54, 1.807) is 12.1 Å². The monoisotopic (exact) mass is 364 g/mol. The molecule has 0 aromatic heterocycles. The maximum absolute atomic E-state index is 14.5. The summed E-state index contributed by atoms with van der Waals surface area (Å²) in [6, 6.07) is 3.20. The molecule has 1 fully saturated rings. The first-order valence-electron chi connectivity index (χ1n) is 10.3. The van der Waals surface area contributed by atoms with Gasteiger partial charge in [-0.05, 0) is 67.9 Å². The van der Waals surface area contributed by atoms with Crippen LogP contribution >= 0.6 is 0 Å².